The van der Waals surface area contributed by atoms with E-state index in [1.54, 1.807) is 24.3 Å². The fourth-order valence-corrected chi connectivity index (χ4v) is 5.06. The molecule has 1 fully saturated rings. The number of hydrogen-bond donors (Lipinski definition) is 0. The second kappa shape index (κ2) is 12.9. The summed E-state index contributed by atoms with van der Waals surface area (Å²) in [5, 5.41) is 14.4. The zero-order chi connectivity index (χ0) is 27.9. The first kappa shape index (κ1) is 27.5. The van der Waals surface area contributed by atoms with Gasteiger partial charge in [-0.25, -0.2) is 4.79 Å². The van der Waals surface area contributed by atoms with E-state index in [0.717, 1.165) is 21.9 Å². The van der Waals surface area contributed by atoms with Crippen molar-refractivity contribution in [2.45, 2.75) is 25.0 Å². The Hall–Kier alpha value is -4.07. The molecule has 2 atom stereocenters. The Bertz CT molecular complexity index is 1460. The summed E-state index contributed by atoms with van der Waals surface area (Å²) in [7, 11) is 0. The summed E-state index contributed by atoms with van der Waals surface area (Å²) in [5.74, 6) is 0.228. The molecule has 40 heavy (non-hydrogen) atoms. The predicted octanol–water partition coefficient (Wildman–Crippen LogP) is 5.45. The molecule has 0 aliphatic carbocycles. The maximum atomic E-state index is 12.1. The van der Waals surface area contributed by atoms with E-state index in [2.05, 4.69) is 24.3 Å². The highest BCUT2D eigenvalue weighted by atomic mass is 35.5. The van der Waals surface area contributed by atoms with Crippen molar-refractivity contribution in [1.82, 2.24) is 4.90 Å². The van der Waals surface area contributed by atoms with Crippen molar-refractivity contribution < 1.29 is 28.9 Å². The van der Waals surface area contributed by atoms with Gasteiger partial charge in [-0.2, -0.15) is 0 Å². The van der Waals surface area contributed by atoms with Crippen LogP contribution in [0.15, 0.2) is 91.0 Å². The second-order valence-corrected chi connectivity index (χ2v) is 10.1. The third kappa shape index (κ3) is 6.92. The molecule has 1 aliphatic rings. The van der Waals surface area contributed by atoms with E-state index in [-0.39, 0.29) is 31.8 Å². The molecule has 1 aliphatic heterocycles. The van der Waals surface area contributed by atoms with Crippen LogP contribution in [0.5, 0.6) is 5.75 Å². The van der Waals surface area contributed by atoms with Crippen LogP contribution in [-0.2, 0) is 16.1 Å². The van der Waals surface area contributed by atoms with E-state index in [9.17, 15) is 14.7 Å². The molecule has 2 unspecified atom stereocenters. The third-order valence-corrected chi connectivity index (χ3v) is 7.32. The lowest BCUT2D eigenvalue weighted by Gasteiger charge is -2.40. The van der Waals surface area contributed by atoms with Crippen molar-refractivity contribution in [3.05, 3.63) is 113 Å². The Kier molecular flexibility index (Phi) is 8.84. The minimum Gasteiger partial charge on any atom is -0.530 e. The van der Waals surface area contributed by atoms with E-state index >= 15 is 0 Å². The Morgan fingerprint density at radius 1 is 0.900 bits per heavy atom. The molecule has 0 aromatic heterocycles. The fourth-order valence-electron chi connectivity index (χ4n) is 4.94. The summed E-state index contributed by atoms with van der Waals surface area (Å²) in [6, 6.07) is 28.5. The number of likely N-dealkylation sites (tertiary alicyclic amines) is 1. The van der Waals surface area contributed by atoms with E-state index in [1.807, 2.05) is 42.5 Å². The van der Waals surface area contributed by atoms with E-state index in [0.29, 0.717) is 35.9 Å². The number of hydrogen-bond acceptors (Lipinski definition) is 6. The standard InChI is InChI=1S/C32H30ClNO6/c33-27-11-7-25(8-12-27)31(35)39-18-17-38-28-13-9-24(10-14-28)29-15-16-34(32(36)37)20-30(29)40-21-22-5-6-23-3-1-2-4-26(23)19-22/h1-14,19,29-30H,15-18,20-21H2,(H,36,37)/p-1. The minimum absolute atomic E-state index is 0.0189. The Labute approximate surface area is 237 Å². The molecule has 0 radical (unpaired) electrons. The first-order valence-corrected chi connectivity index (χ1v) is 13.5. The molecule has 1 amide bonds. The molecule has 0 spiro atoms. The van der Waals surface area contributed by atoms with Crippen molar-refractivity contribution in [3.8, 4) is 5.75 Å². The quantitative estimate of drug-likeness (QED) is 0.201. The molecule has 1 saturated heterocycles. The number of carboxylic acid groups (broad SMARTS) is 1. The van der Waals surface area contributed by atoms with E-state index in [4.69, 9.17) is 25.8 Å². The van der Waals surface area contributed by atoms with Gasteiger partial charge in [0.1, 0.15) is 25.1 Å². The van der Waals surface area contributed by atoms with Crippen LogP contribution in [0.3, 0.4) is 0 Å². The topological polar surface area (TPSA) is 88.1 Å². The first-order valence-electron chi connectivity index (χ1n) is 13.2. The number of amides is 1. The number of halogens is 1. The van der Waals surface area contributed by atoms with Crippen molar-refractivity contribution in [3.63, 3.8) is 0 Å². The average molecular weight is 559 g/mol. The highest BCUT2D eigenvalue weighted by Crippen LogP contribution is 2.32. The molecule has 4 aromatic rings. The van der Waals surface area contributed by atoms with Gasteiger partial charge in [0.25, 0.3) is 0 Å². The van der Waals surface area contributed by atoms with Crippen LogP contribution in [-0.4, -0.2) is 49.4 Å². The smallest absolute Gasteiger partial charge is 0.338 e. The van der Waals surface area contributed by atoms with Crippen molar-refractivity contribution >= 4 is 34.4 Å². The number of esters is 1. The minimum atomic E-state index is -1.18. The number of ether oxygens (including phenoxy) is 3. The van der Waals surface area contributed by atoms with Gasteiger partial charge < -0.3 is 29.0 Å². The van der Waals surface area contributed by atoms with Gasteiger partial charge in [-0.3, -0.25) is 0 Å². The monoisotopic (exact) mass is 558 g/mol. The van der Waals surface area contributed by atoms with Crippen molar-refractivity contribution in [1.29, 1.82) is 0 Å². The van der Waals surface area contributed by atoms with Crippen LogP contribution in [0.1, 0.15) is 33.8 Å². The normalized spacial score (nSPS) is 17.0. The van der Waals surface area contributed by atoms with Gasteiger partial charge in [-0.15, -0.1) is 0 Å². The van der Waals surface area contributed by atoms with Crippen molar-refractivity contribution in [2.24, 2.45) is 0 Å². The Morgan fingerprint density at radius 2 is 1.65 bits per heavy atom. The summed E-state index contributed by atoms with van der Waals surface area (Å²) < 4.78 is 17.3. The van der Waals surface area contributed by atoms with Gasteiger partial charge >= 0.3 is 5.97 Å². The number of piperidine rings is 1. The highest BCUT2D eigenvalue weighted by Gasteiger charge is 2.31. The molecule has 0 N–H and O–H groups in total. The molecular weight excluding hydrogens is 530 g/mol. The zero-order valence-corrected chi connectivity index (χ0v) is 22.6. The number of fused-ring (bicyclic) bond motifs is 1. The first-order chi connectivity index (χ1) is 19.5. The second-order valence-electron chi connectivity index (χ2n) is 9.70. The molecule has 1 heterocycles. The molecule has 5 rings (SSSR count). The number of benzene rings is 4. The van der Waals surface area contributed by atoms with Crippen molar-refractivity contribution in [2.75, 3.05) is 26.3 Å². The molecule has 7 nitrogen and oxygen atoms in total. The Morgan fingerprint density at radius 3 is 2.40 bits per heavy atom. The molecular formula is C32H29ClNO6-. The van der Waals surface area contributed by atoms with Crippen LogP contribution in [0.2, 0.25) is 5.02 Å². The van der Waals surface area contributed by atoms with Crippen LogP contribution in [0, 0.1) is 0 Å². The molecule has 0 saturated carbocycles. The maximum Gasteiger partial charge on any atom is 0.338 e. The molecule has 206 valence electrons. The highest BCUT2D eigenvalue weighted by molar-refractivity contribution is 6.30. The van der Waals surface area contributed by atoms with E-state index < -0.39 is 12.1 Å². The van der Waals surface area contributed by atoms with Crippen LogP contribution < -0.4 is 9.84 Å². The summed E-state index contributed by atoms with van der Waals surface area (Å²) in [4.78, 5) is 25.0. The third-order valence-electron chi connectivity index (χ3n) is 7.07. The van der Waals surface area contributed by atoms with E-state index in [1.165, 1.54) is 4.90 Å². The number of carbonyl (C=O) groups excluding carboxylic acids is 2. The van der Waals surface area contributed by atoms with Gasteiger partial charge in [0, 0.05) is 24.0 Å². The summed E-state index contributed by atoms with van der Waals surface area (Å²) in [6.07, 6.45) is -0.882. The number of carbonyl (C=O) groups is 2. The maximum absolute atomic E-state index is 12.1. The Balaban J connectivity index is 1.17. The summed E-state index contributed by atoms with van der Waals surface area (Å²) >= 11 is 5.85. The van der Waals surface area contributed by atoms with Gasteiger partial charge in [0.2, 0.25) is 0 Å². The van der Waals surface area contributed by atoms with Crippen LogP contribution in [0.25, 0.3) is 10.8 Å². The number of rotatable bonds is 9. The van der Waals surface area contributed by atoms with Gasteiger partial charge in [0.15, 0.2) is 0 Å². The molecule has 0 bridgehead atoms. The van der Waals surface area contributed by atoms with Gasteiger partial charge in [-0.05, 0) is 70.8 Å². The fraction of sp³-hybridized carbons (Fsp3) is 0.250. The summed E-state index contributed by atoms with van der Waals surface area (Å²) in [5.41, 5.74) is 2.50. The lowest BCUT2D eigenvalue weighted by molar-refractivity contribution is -0.268. The summed E-state index contributed by atoms with van der Waals surface area (Å²) in [6.45, 7) is 1.33. The largest absolute Gasteiger partial charge is 0.530 e. The lowest BCUT2D eigenvalue weighted by atomic mass is 9.87. The number of nitrogens with zero attached hydrogens (tertiary/aromatic N) is 1. The SMILES string of the molecule is O=C(OCCOc1ccc(C2CCN(C(=O)[O-])CC2OCc2ccc3ccccc3c2)cc1)c1ccc(Cl)cc1. The average Bonchev–Trinajstić information content (AvgIpc) is 2.98. The molecule has 8 heteroatoms. The molecule has 4 aromatic carbocycles. The van der Waals surface area contributed by atoms with Gasteiger partial charge in [0.05, 0.1) is 18.3 Å². The lowest BCUT2D eigenvalue weighted by Crippen LogP contribution is -2.51. The zero-order valence-electron chi connectivity index (χ0n) is 21.8. The van der Waals surface area contributed by atoms with Crippen LogP contribution in [0.4, 0.5) is 4.79 Å². The predicted molar refractivity (Wildman–Crippen MR) is 151 cm³/mol. The van der Waals surface area contributed by atoms with Crippen LogP contribution >= 0.6 is 11.6 Å². The van der Waals surface area contributed by atoms with Gasteiger partial charge in [-0.1, -0.05) is 60.1 Å².